The van der Waals surface area contributed by atoms with Gasteiger partial charge in [-0.2, -0.15) is 26.3 Å². The van der Waals surface area contributed by atoms with E-state index in [-0.39, 0.29) is 0 Å². The zero-order chi connectivity index (χ0) is 15.5. The lowest BCUT2D eigenvalue weighted by Crippen LogP contribution is -2.41. The number of fused-ring (bicyclic) bond motifs is 2. The number of hydrogen-bond acceptors (Lipinski definition) is 3. The fourth-order valence-corrected chi connectivity index (χ4v) is 2.80. The van der Waals surface area contributed by atoms with E-state index in [1.165, 1.54) is 0 Å². The molecule has 0 saturated carbocycles. The lowest BCUT2D eigenvalue weighted by atomic mass is 9.81. The summed E-state index contributed by atoms with van der Waals surface area (Å²) in [5, 5.41) is 0. The summed E-state index contributed by atoms with van der Waals surface area (Å²) in [6.07, 6.45) is -14.1. The molecule has 2 rings (SSSR count). The predicted octanol–water partition coefficient (Wildman–Crippen LogP) is 2.90. The van der Waals surface area contributed by atoms with Gasteiger partial charge in [-0.05, 0) is 6.92 Å². The number of alkyl halides is 6. The molecule has 2 heterocycles. The third-order valence-corrected chi connectivity index (χ3v) is 3.30. The maximum Gasteiger partial charge on any atom is 0.415 e. The first-order chi connectivity index (χ1) is 8.86. The Morgan fingerprint density at radius 1 is 1.25 bits per heavy atom. The quantitative estimate of drug-likeness (QED) is 0.424. The van der Waals surface area contributed by atoms with E-state index in [2.05, 4.69) is 4.74 Å². The minimum atomic E-state index is -5.20. The molecule has 3 atom stereocenters. The molecule has 3 unspecified atom stereocenters. The summed E-state index contributed by atoms with van der Waals surface area (Å²) in [4.78, 5) is 10.8. The number of carbonyl (C=O) groups excluding carboxylic acids is 1. The van der Waals surface area contributed by atoms with E-state index in [0.717, 1.165) is 13.8 Å². The molecule has 0 N–H and O–H groups in total. The van der Waals surface area contributed by atoms with Crippen LogP contribution >= 0.6 is 0 Å². The predicted molar refractivity (Wildman–Crippen MR) is 52.6 cm³/mol. The molecule has 20 heavy (non-hydrogen) atoms. The molecule has 2 aliphatic rings. The first-order valence-electron chi connectivity index (χ1n) is 5.60. The van der Waals surface area contributed by atoms with Gasteiger partial charge in [-0.1, -0.05) is 0 Å². The van der Waals surface area contributed by atoms with Crippen molar-refractivity contribution in [2.24, 2.45) is 0 Å². The molecule has 9 heteroatoms. The molecule has 1 saturated heterocycles. The van der Waals surface area contributed by atoms with Crippen LogP contribution in [0.1, 0.15) is 20.3 Å². The zero-order valence-corrected chi connectivity index (χ0v) is 10.4. The Morgan fingerprint density at radius 2 is 1.80 bits per heavy atom. The first kappa shape index (κ1) is 15.1. The van der Waals surface area contributed by atoms with E-state index in [0.29, 0.717) is 0 Å². The van der Waals surface area contributed by atoms with Gasteiger partial charge in [-0.25, -0.2) is 0 Å². The Balaban J connectivity index is 2.52. The first-order valence-corrected chi connectivity index (χ1v) is 5.60. The van der Waals surface area contributed by atoms with E-state index in [9.17, 15) is 31.1 Å². The summed E-state index contributed by atoms with van der Waals surface area (Å²) in [5.74, 6) is -0.871. The van der Waals surface area contributed by atoms with Gasteiger partial charge in [0.15, 0.2) is 0 Å². The van der Waals surface area contributed by atoms with E-state index >= 15 is 0 Å². The average molecular weight is 304 g/mol. The number of hydrogen-bond donors (Lipinski definition) is 0. The van der Waals surface area contributed by atoms with Crippen LogP contribution in [0.15, 0.2) is 11.1 Å². The second kappa shape index (κ2) is 4.12. The summed E-state index contributed by atoms with van der Waals surface area (Å²) < 4.78 is 86.9. The van der Waals surface area contributed by atoms with Crippen LogP contribution in [0.2, 0.25) is 0 Å². The summed E-state index contributed by atoms with van der Waals surface area (Å²) >= 11 is 0. The molecular weight excluding hydrogens is 294 g/mol. The molecule has 0 amide bonds. The van der Waals surface area contributed by atoms with Gasteiger partial charge in [-0.15, -0.1) is 0 Å². The Morgan fingerprint density at radius 3 is 2.20 bits per heavy atom. The fourth-order valence-electron chi connectivity index (χ4n) is 2.80. The Hall–Kier alpha value is -1.25. The maximum absolute atomic E-state index is 12.9. The van der Waals surface area contributed by atoms with Crippen molar-refractivity contribution in [2.75, 3.05) is 0 Å². The highest BCUT2D eigenvalue weighted by Gasteiger charge is 2.67. The standard InChI is InChI=1S/C11H10F6O3/c1-4(18)19-5-3-9(2)8(11(15,16)17)6(7(5)20-9)10(12,13)14/h5,7H,3H2,1-2H3. The van der Waals surface area contributed by atoms with E-state index in [4.69, 9.17) is 4.74 Å². The van der Waals surface area contributed by atoms with Crippen molar-refractivity contribution < 1.29 is 40.6 Å². The minimum absolute atomic E-state index is 0.453. The van der Waals surface area contributed by atoms with Crippen LogP contribution in [-0.4, -0.2) is 36.1 Å². The van der Waals surface area contributed by atoms with Crippen molar-refractivity contribution in [1.29, 1.82) is 0 Å². The molecule has 114 valence electrons. The monoisotopic (exact) mass is 304 g/mol. The van der Waals surface area contributed by atoms with Crippen molar-refractivity contribution in [2.45, 2.75) is 50.4 Å². The minimum Gasteiger partial charge on any atom is -0.459 e. The molecule has 0 aromatic rings. The molecule has 0 radical (unpaired) electrons. The molecule has 0 aromatic carbocycles. The smallest absolute Gasteiger partial charge is 0.415 e. The van der Waals surface area contributed by atoms with Crippen molar-refractivity contribution in [3.63, 3.8) is 0 Å². The van der Waals surface area contributed by atoms with Crippen LogP contribution in [0, 0.1) is 0 Å². The molecule has 0 spiro atoms. The number of halogens is 6. The number of rotatable bonds is 1. The van der Waals surface area contributed by atoms with Gasteiger partial charge in [0, 0.05) is 13.3 Å². The SMILES string of the molecule is CC(=O)OC1CC2(C)OC1C(C(F)(F)F)=C2C(F)(F)F. The normalized spacial score (nSPS) is 33.8. The van der Waals surface area contributed by atoms with Gasteiger partial charge in [0.1, 0.15) is 17.8 Å². The second-order valence-electron chi connectivity index (χ2n) is 4.91. The molecule has 3 nitrogen and oxygen atoms in total. The molecule has 0 aromatic heterocycles. The molecule has 0 aliphatic carbocycles. The van der Waals surface area contributed by atoms with Crippen molar-refractivity contribution in [3.8, 4) is 0 Å². The summed E-state index contributed by atoms with van der Waals surface area (Å²) in [6.45, 7) is 1.89. The summed E-state index contributed by atoms with van der Waals surface area (Å²) in [7, 11) is 0. The van der Waals surface area contributed by atoms with Crippen LogP contribution in [0.3, 0.4) is 0 Å². The lowest BCUT2D eigenvalue weighted by Gasteiger charge is -2.30. The summed E-state index contributed by atoms with van der Waals surface area (Å²) in [5.41, 5.74) is -5.68. The number of ether oxygens (including phenoxy) is 2. The van der Waals surface area contributed by atoms with E-state index in [1.807, 2.05) is 0 Å². The number of esters is 1. The van der Waals surface area contributed by atoms with Gasteiger partial charge in [-0.3, -0.25) is 4.79 Å². The zero-order valence-electron chi connectivity index (χ0n) is 10.4. The van der Waals surface area contributed by atoms with Gasteiger partial charge in [0.05, 0.1) is 11.1 Å². The van der Waals surface area contributed by atoms with Crippen LogP contribution in [0.5, 0.6) is 0 Å². The second-order valence-corrected chi connectivity index (χ2v) is 4.91. The third kappa shape index (κ3) is 2.27. The van der Waals surface area contributed by atoms with E-state index in [1.54, 1.807) is 0 Å². The van der Waals surface area contributed by atoms with Gasteiger partial charge >= 0.3 is 18.3 Å². The van der Waals surface area contributed by atoms with Gasteiger partial charge in [0.2, 0.25) is 0 Å². The highest BCUT2D eigenvalue weighted by atomic mass is 19.4. The van der Waals surface area contributed by atoms with E-state index < -0.39 is 53.7 Å². The molecule has 1 fully saturated rings. The lowest BCUT2D eigenvalue weighted by molar-refractivity contribution is -0.152. The largest absolute Gasteiger partial charge is 0.459 e. The van der Waals surface area contributed by atoms with Crippen molar-refractivity contribution in [3.05, 3.63) is 11.1 Å². The highest BCUT2D eigenvalue weighted by molar-refractivity contribution is 5.66. The third-order valence-electron chi connectivity index (χ3n) is 3.30. The van der Waals surface area contributed by atoms with Crippen molar-refractivity contribution >= 4 is 5.97 Å². The molecule has 2 aliphatic heterocycles. The van der Waals surface area contributed by atoms with Crippen LogP contribution < -0.4 is 0 Å². The number of carbonyl (C=O) groups is 1. The highest BCUT2D eigenvalue weighted by Crippen LogP contribution is 2.57. The van der Waals surface area contributed by atoms with Gasteiger partial charge < -0.3 is 9.47 Å². The topological polar surface area (TPSA) is 35.5 Å². The molecule has 2 bridgehead atoms. The fraction of sp³-hybridized carbons (Fsp3) is 0.727. The van der Waals surface area contributed by atoms with Gasteiger partial charge in [0.25, 0.3) is 0 Å². The maximum atomic E-state index is 12.9. The Kier molecular flexibility index (Phi) is 3.12. The Bertz CT molecular complexity index is 478. The van der Waals surface area contributed by atoms with Crippen LogP contribution in [-0.2, 0) is 14.3 Å². The van der Waals surface area contributed by atoms with Crippen molar-refractivity contribution in [1.82, 2.24) is 0 Å². The van der Waals surface area contributed by atoms with Crippen LogP contribution in [0.25, 0.3) is 0 Å². The average Bonchev–Trinajstić information content (AvgIpc) is 2.63. The Labute approximate surface area is 109 Å². The molecular formula is C11H10F6O3. The summed E-state index contributed by atoms with van der Waals surface area (Å²) in [6, 6.07) is 0. The van der Waals surface area contributed by atoms with Crippen LogP contribution in [0.4, 0.5) is 26.3 Å².